The lowest BCUT2D eigenvalue weighted by Gasteiger charge is -2.11. The second-order valence-corrected chi connectivity index (χ2v) is 4.89. The highest BCUT2D eigenvalue weighted by Crippen LogP contribution is 2.45. The number of hydrogen-bond donors (Lipinski definition) is 1. The smallest absolute Gasteiger partial charge is 0.337 e. The summed E-state index contributed by atoms with van der Waals surface area (Å²) in [7, 11) is 1.32. The zero-order chi connectivity index (χ0) is 15.0. The van der Waals surface area contributed by atoms with Gasteiger partial charge >= 0.3 is 11.9 Å². The van der Waals surface area contributed by atoms with E-state index in [-0.39, 0.29) is 12.3 Å². The maximum absolute atomic E-state index is 11.7. The summed E-state index contributed by atoms with van der Waals surface area (Å²) in [6.07, 6.45) is 1.65. The van der Waals surface area contributed by atoms with E-state index in [1.54, 1.807) is 30.5 Å². The van der Waals surface area contributed by atoms with Gasteiger partial charge in [0.15, 0.2) is 0 Å². The van der Waals surface area contributed by atoms with E-state index in [1.807, 2.05) is 6.07 Å². The van der Waals surface area contributed by atoms with Gasteiger partial charge in [0.1, 0.15) is 0 Å². The largest absolute Gasteiger partial charge is 0.481 e. The van der Waals surface area contributed by atoms with Crippen molar-refractivity contribution in [3.63, 3.8) is 0 Å². The van der Waals surface area contributed by atoms with Crippen LogP contribution in [0.2, 0.25) is 0 Å². The number of hydrogen-bond acceptors (Lipinski definition) is 4. The molecule has 2 aromatic rings. The molecule has 5 heteroatoms. The van der Waals surface area contributed by atoms with Crippen LogP contribution in [0.25, 0.3) is 11.3 Å². The Kier molecular flexibility index (Phi) is 3.17. The fourth-order valence-electron chi connectivity index (χ4n) is 2.80. The topological polar surface area (TPSA) is 76.5 Å². The van der Waals surface area contributed by atoms with Crippen molar-refractivity contribution in [3.05, 3.63) is 53.2 Å². The van der Waals surface area contributed by atoms with E-state index in [9.17, 15) is 9.59 Å². The molecule has 0 amide bonds. The number of nitrogens with zero attached hydrogens (tertiary/aromatic N) is 1. The Morgan fingerprint density at radius 3 is 2.81 bits per heavy atom. The molecule has 21 heavy (non-hydrogen) atoms. The molecule has 0 aliphatic heterocycles. The molecule has 5 nitrogen and oxygen atoms in total. The maximum atomic E-state index is 11.7. The van der Waals surface area contributed by atoms with Crippen molar-refractivity contribution in [2.75, 3.05) is 7.11 Å². The van der Waals surface area contributed by atoms with Gasteiger partial charge in [0.25, 0.3) is 0 Å². The van der Waals surface area contributed by atoms with E-state index in [1.165, 1.54) is 7.11 Å². The number of aliphatic carboxylic acids is 1. The van der Waals surface area contributed by atoms with Gasteiger partial charge in [0, 0.05) is 17.7 Å². The second kappa shape index (κ2) is 5.01. The van der Waals surface area contributed by atoms with Crippen molar-refractivity contribution in [1.82, 2.24) is 4.98 Å². The first-order valence-corrected chi connectivity index (χ1v) is 6.51. The van der Waals surface area contributed by atoms with Crippen LogP contribution in [-0.4, -0.2) is 29.1 Å². The van der Waals surface area contributed by atoms with Crippen LogP contribution in [0.1, 0.15) is 33.8 Å². The zero-order valence-electron chi connectivity index (χ0n) is 11.4. The molecule has 1 N–H and O–H groups in total. The van der Waals surface area contributed by atoms with Gasteiger partial charge in [-0.3, -0.25) is 9.78 Å². The number of methoxy groups -OCH3 is 1. The third-order valence-corrected chi connectivity index (χ3v) is 3.70. The quantitative estimate of drug-likeness (QED) is 0.876. The van der Waals surface area contributed by atoms with Crippen LogP contribution < -0.4 is 0 Å². The van der Waals surface area contributed by atoms with Crippen LogP contribution >= 0.6 is 0 Å². The van der Waals surface area contributed by atoms with Gasteiger partial charge in [-0.1, -0.05) is 12.1 Å². The third-order valence-electron chi connectivity index (χ3n) is 3.70. The van der Waals surface area contributed by atoms with Crippen LogP contribution in [0.5, 0.6) is 0 Å². The summed E-state index contributed by atoms with van der Waals surface area (Å²) < 4.78 is 4.72. The first kappa shape index (κ1) is 13.3. The molecule has 1 unspecified atom stereocenters. The first-order chi connectivity index (χ1) is 10.1. The van der Waals surface area contributed by atoms with Crippen LogP contribution in [0.15, 0.2) is 36.5 Å². The van der Waals surface area contributed by atoms with Gasteiger partial charge in [0.05, 0.1) is 24.8 Å². The molecule has 0 saturated heterocycles. The summed E-state index contributed by atoms with van der Waals surface area (Å²) >= 11 is 0. The van der Waals surface area contributed by atoms with Crippen LogP contribution in [-0.2, 0) is 9.53 Å². The lowest BCUT2D eigenvalue weighted by molar-refractivity contribution is -0.137. The Balaban J connectivity index is 2.15. The predicted octanol–water partition coefficient (Wildman–Crippen LogP) is 2.46. The van der Waals surface area contributed by atoms with E-state index in [0.717, 1.165) is 22.4 Å². The summed E-state index contributed by atoms with van der Waals surface area (Å²) in [6, 6.07) is 8.85. The molecule has 1 aromatic carbocycles. The minimum Gasteiger partial charge on any atom is -0.481 e. The van der Waals surface area contributed by atoms with Crippen LogP contribution in [0.4, 0.5) is 0 Å². The molecule has 1 aromatic heterocycles. The number of carboxylic acids is 1. The van der Waals surface area contributed by atoms with Crippen molar-refractivity contribution in [2.45, 2.75) is 12.3 Å². The molecule has 106 valence electrons. The Bertz CT molecular complexity index is 739. The second-order valence-electron chi connectivity index (χ2n) is 4.89. The van der Waals surface area contributed by atoms with Gasteiger partial charge in [-0.05, 0) is 29.3 Å². The first-order valence-electron chi connectivity index (χ1n) is 6.51. The molecule has 0 fully saturated rings. The van der Waals surface area contributed by atoms with Gasteiger partial charge in [-0.25, -0.2) is 4.79 Å². The van der Waals surface area contributed by atoms with E-state index in [4.69, 9.17) is 9.84 Å². The van der Waals surface area contributed by atoms with E-state index in [2.05, 4.69) is 4.98 Å². The minimum atomic E-state index is -0.883. The van der Waals surface area contributed by atoms with Gasteiger partial charge < -0.3 is 9.84 Å². The Hall–Kier alpha value is -2.69. The summed E-state index contributed by atoms with van der Waals surface area (Å²) in [4.78, 5) is 27.1. The molecule has 0 bridgehead atoms. The van der Waals surface area contributed by atoms with Crippen molar-refractivity contribution < 1.29 is 19.4 Å². The highest BCUT2D eigenvalue weighted by molar-refractivity contribution is 5.91. The lowest BCUT2D eigenvalue weighted by Crippen LogP contribution is -2.07. The van der Waals surface area contributed by atoms with Gasteiger partial charge in [-0.15, -0.1) is 0 Å². The number of carbonyl (C=O) groups excluding carboxylic acids is 1. The van der Waals surface area contributed by atoms with Crippen molar-refractivity contribution in [2.24, 2.45) is 0 Å². The van der Waals surface area contributed by atoms with E-state index in [0.29, 0.717) is 5.56 Å². The van der Waals surface area contributed by atoms with E-state index >= 15 is 0 Å². The van der Waals surface area contributed by atoms with E-state index < -0.39 is 11.9 Å². The molecule has 0 radical (unpaired) electrons. The molecule has 0 spiro atoms. The Labute approximate surface area is 121 Å². The van der Waals surface area contributed by atoms with Crippen molar-refractivity contribution >= 4 is 11.9 Å². The monoisotopic (exact) mass is 283 g/mol. The molecule has 3 rings (SSSR count). The summed E-state index contributed by atoms with van der Waals surface area (Å²) in [5.74, 6) is -1.60. The van der Waals surface area contributed by atoms with Crippen molar-refractivity contribution in [1.29, 1.82) is 0 Å². The fraction of sp³-hybridized carbons (Fsp3) is 0.188. The number of carbonyl (C=O) groups is 2. The van der Waals surface area contributed by atoms with Gasteiger partial charge in [-0.2, -0.15) is 0 Å². The minimum absolute atomic E-state index is 0.0314. The number of carboxylic acid groups (broad SMARTS) is 1. The van der Waals surface area contributed by atoms with Crippen LogP contribution in [0.3, 0.4) is 0 Å². The average Bonchev–Trinajstić information content (AvgIpc) is 2.80. The predicted molar refractivity (Wildman–Crippen MR) is 75.1 cm³/mol. The lowest BCUT2D eigenvalue weighted by atomic mass is 9.93. The maximum Gasteiger partial charge on any atom is 0.337 e. The average molecular weight is 283 g/mol. The number of pyridine rings is 1. The number of fused-ring (bicyclic) bond motifs is 3. The highest BCUT2D eigenvalue weighted by atomic mass is 16.5. The molecule has 1 aliphatic carbocycles. The normalized spacial score (nSPS) is 15.2. The van der Waals surface area contributed by atoms with Crippen molar-refractivity contribution in [3.8, 4) is 11.3 Å². The number of benzene rings is 1. The summed E-state index contributed by atoms with van der Waals surface area (Å²) in [6.45, 7) is 0. The Morgan fingerprint density at radius 1 is 1.29 bits per heavy atom. The summed E-state index contributed by atoms with van der Waals surface area (Å²) in [5, 5.41) is 9.14. The SMILES string of the molecule is COC(=O)c1ccc2c(c1)C(CC(=O)O)c1cccnc1-2. The molecule has 1 aliphatic rings. The number of esters is 1. The molecule has 0 saturated carbocycles. The summed E-state index contributed by atoms with van der Waals surface area (Å²) in [5.41, 5.74) is 3.78. The number of rotatable bonds is 3. The molecular formula is C16H13NO4. The zero-order valence-corrected chi connectivity index (χ0v) is 11.4. The third kappa shape index (κ3) is 2.16. The number of aromatic nitrogens is 1. The van der Waals surface area contributed by atoms with Gasteiger partial charge in [0.2, 0.25) is 0 Å². The molecule has 1 heterocycles. The molecular weight excluding hydrogens is 270 g/mol. The number of ether oxygens (including phenoxy) is 1. The van der Waals surface area contributed by atoms with Crippen LogP contribution in [0, 0.1) is 0 Å². The standard InChI is InChI=1S/C16H13NO4/c1-21-16(20)9-4-5-11-12(7-9)13(8-14(18)19)10-3-2-6-17-15(10)11/h2-7,13H,8H2,1H3,(H,18,19). The Morgan fingerprint density at radius 2 is 2.10 bits per heavy atom. The highest BCUT2D eigenvalue weighted by Gasteiger charge is 2.31. The molecule has 1 atom stereocenters. The fourth-order valence-corrected chi connectivity index (χ4v) is 2.80.